The van der Waals surface area contributed by atoms with E-state index in [-0.39, 0.29) is 11.2 Å². The van der Waals surface area contributed by atoms with Gasteiger partial charge in [0.2, 0.25) is 11.1 Å². The summed E-state index contributed by atoms with van der Waals surface area (Å²) < 4.78 is 1.71. The van der Waals surface area contributed by atoms with Crippen LogP contribution in [0.4, 0.5) is 0 Å². The van der Waals surface area contributed by atoms with Crippen molar-refractivity contribution in [2.45, 2.75) is 50.9 Å². The lowest BCUT2D eigenvalue weighted by Crippen LogP contribution is -2.31. The molecular formula is C14H21N5OS. The zero-order chi connectivity index (χ0) is 15.4. The van der Waals surface area contributed by atoms with Gasteiger partial charge in [0.15, 0.2) is 0 Å². The van der Waals surface area contributed by atoms with Crippen molar-refractivity contribution in [3.63, 3.8) is 0 Å². The monoisotopic (exact) mass is 307 g/mol. The molecule has 2 heterocycles. The van der Waals surface area contributed by atoms with Gasteiger partial charge in [-0.1, -0.05) is 25.1 Å². The zero-order valence-electron chi connectivity index (χ0n) is 12.9. The highest BCUT2D eigenvalue weighted by atomic mass is 32.2. The second-order valence-corrected chi connectivity index (χ2v) is 6.36. The maximum absolute atomic E-state index is 11.9. The Morgan fingerprint density at radius 3 is 2.90 bits per heavy atom. The van der Waals surface area contributed by atoms with Crippen molar-refractivity contribution in [1.82, 2.24) is 24.9 Å². The minimum Gasteiger partial charge on any atom is -0.355 e. The van der Waals surface area contributed by atoms with E-state index in [4.69, 9.17) is 0 Å². The summed E-state index contributed by atoms with van der Waals surface area (Å²) in [5.41, 5.74) is 1.89. The number of rotatable bonds is 6. The lowest BCUT2D eigenvalue weighted by atomic mass is 10.3. The Balaban J connectivity index is 2.05. The summed E-state index contributed by atoms with van der Waals surface area (Å²) >= 11 is 1.35. The van der Waals surface area contributed by atoms with Crippen molar-refractivity contribution < 1.29 is 4.79 Å². The molecular weight excluding hydrogens is 286 g/mol. The van der Waals surface area contributed by atoms with Crippen LogP contribution in [0.2, 0.25) is 0 Å². The molecule has 0 spiro atoms. The normalized spacial score (nSPS) is 12.6. The molecule has 2 aromatic rings. The molecule has 0 fully saturated rings. The number of hydrogen-bond acceptors (Lipinski definition) is 5. The molecule has 114 valence electrons. The summed E-state index contributed by atoms with van der Waals surface area (Å²) in [5.74, 6) is 0.599. The van der Waals surface area contributed by atoms with Gasteiger partial charge >= 0.3 is 0 Å². The van der Waals surface area contributed by atoms with Crippen LogP contribution in [0.1, 0.15) is 38.1 Å². The van der Waals surface area contributed by atoms with Gasteiger partial charge in [-0.2, -0.15) is 4.98 Å². The number of hydrogen-bond donors (Lipinski definition) is 1. The maximum Gasteiger partial charge on any atom is 0.253 e. The molecule has 0 aliphatic heterocycles. The van der Waals surface area contributed by atoms with Crippen molar-refractivity contribution in [2.75, 3.05) is 6.54 Å². The van der Waals surface area contributed by atoms with Gasteiger partial charge in [0.25, 0.3) is 5.78 Å². The van der Waals surface area contributed by atoms with Crippen LogP contribution in [0.25, 0.3) is 5.78 Å². The van der Waals surface area contributed by atoms with Crippen molar-refractivity contribution >= 4 is 23.4 Å². The molecule has 1 atom stereocenters. The number of thioether (sulfide) groups is 1. The summed E-state index contributed by atoms with van der Waals surface area (Å²) in [5, 5.41) is 7.67. The highest BCUT2D eigenvalue weighted by Gasteiger charge is 2.17. The minimum atomic E-state index is -0.222. The van der Waals surface area contributed by atoms with Crippen molar-refractivity contribution in [3.8, 4) is 0 Å². The van der Waals surface area contributed by atoms with E-state index < -0.39 is 0 Å². The summed E-state index contributed by atoms with van der Waals surface area (Å²) in [7, 11) is 0. The van der Waals surface area contributed by atoms with Gasteiger partial charge in [0.1, 0.15) is 0 Å². The molecule has 0 radical (unpaired) electrons. The Morgan fingerprint density at radius 2 is 2.19 bits per heavy atom. The molecule has 2 aromatic heterocycles. The smallest absolute Gasteiger partial charge is 0.253 e. The van der Waals surface area contributed by atoms with E-state index >= 15 is 0 Å². The van der Waals surface area contributed by atoms with Gasteiger partial charge in [0.05, 0.1) is 5.25 Å². The van der Waals surface area contributed by atoms with Crippen molar-refractivity contribution in [3.05, 3.63) is 17.5 Å². The zero-order valence-corrected chi connectivity index (χ0v) is 13.7. The number of carbonyl (C=O) groups excluding carboxylic acids is 1. The fourth-order valence-corrected chi connectivity index (χ4v) is 2.71. The number of fused-ring (bicyclic) bond motifs is 1. The molecule has 0 unspecified atom stereocenters. The Kier molecular flexibility index (Phi) is 5.17. The lowest BCUT2D eigenvalue weighted by molar-refractivity contribution is -0.120. The number of unbranched alkanes of at least 4 members (excludes halogenated alkanes) is 1. The average molecular weight is 307 g/mol. The van der Waals surface area contributed by atoms with Gasteiger partial charge in [-0.25, -0.2) is 9.50 Å². The quantitative estimate of drug-likeness (QED) is 0.654. The van der Waals surface area contributed by atoms with Crippen LogP contribution in [-0.4, -0.2) is 37.3 Å². The first-order valence-corrected chi connectivity index (χ1v) is 8.04. The number of amides is 1. The molecule has 0 saturated carbocycles. The van der Waals surface area contributed by atoms with Crippen molar-refractivity contribution in [1.29, 1.82) is 0 Å². The SMILES string of the molecule is CCCCNC(=O)[C@H](C)Sc1nc2nc(C)cc(C)n2n1. The first-order valence-electron chi connectivity index (χ1n) is 7.16. The van der Waals surface area contributed by atoms with Gasteiger partial charge in [-0.05, 0) is 33.3 Å². The van der Waals surface area contributed by atoms with Crippen LogP contribution in [-0.2, 0) is 4.79 Å². The van der Waals surface area contributed by atoms with E-state index in [1.54, 1.807) is 4.52 Å². The van der Waals surface area contributed by atoms with E-state index in [2.05, 4.69) is 27.3 Å². The lowest BCUT2D eigenvalue weighted by Gasteiger charge is -2.09. The molecule has 0 aliphatic rings. The topological polar surface area (TPSA) is 72.2 Å². The van der Waals surface area contributed by atoms with Gasteiger partial charge in [-0.3, -0.25) is 4.79 Å². The van der Waals surface area contributed by atoms with Crippen LogP contribution in [0.5, 0.6) is 0 Å². The largest absolute Gasteiger partial charge is 0.355 e. The highest BCUT2D eigenvalue weighted by Crippen LogP contribution is 2.20. The van der Waals surface area contributed by atoms with Gasteiger partial charge in [-0.15, -0.1) is 5.10 Å². The van der Waals surface area contributed by atoms with Crippen LogP contribution in [0.3, 0.4) is 0 Å². The van der Waals surface area contributed by atoms with Gasteiger partial charge in [0, 0.05) is 17.9 Å². The predicted octanol–water partition coefficient (Wildman–Crippen LogP) is 2.14. The van der Waals surface area contributed by atoms with Crippen LogP contribution in [0.15, 0.2) is 11.2 Å². The highest BCUT2D eigenvalue weighted by molar-refractivity contribution is 8.00. The number of carbonyl (C=O) groups is 1. The first-order chi connectivity index (χ1) is 10.0. The molecule has 7 heteroatoms. The standard InChI is InChI=1S/C14H21N5OS/c1-5-6-7-15-12(20)11(4)21-14-17-13-16-9(2)8-10(3)19(13)18-14/h8,11H,5-7H2,1-4H3,(H,15,20)/t11-/m0/s1. The molecule has 0 bridgehead atoms. The second-order valence-electron chi connectivity index (χ2n) is 5.05. The molecule has 1 amide bonds. The van der Waals surface area contributed by atoms with Crippen LogP contribution >= 0.6 is 11.8 Å². The number of nitrogens with one attached hydrogen (secondary N) is 1. The Morgan fingerprint density at radius 1 is 1.43 bits per heavy atom. The molecule has 2 rings (SSSR count). The Hall–Kier alpha value is -1.63. The summed E-state index contributed by atoms with van der Waals surface area (Å²) in [6, 6.07) is 1.96. The number of aryl methyl sites for hydroxylation is 2. The summed E-state index contributed by atoms with van der Waals surface area (Å²) in [6.45, 7) is 8.58. The van der Waals surface area contributed by atoms with E-state index in [0.29, 0.717) is 10.9 Å². The van der Waals surface area contributed by atoms with E-state index in [9.17, 15) is 4.79 Å². The molecule has 0 aliphatic carbocycles. The summed E-state index contributed by atoms with van der Waals surface area (Å²) in [6.07, 6.45) is 2.07. The minimum absolute atomic E-state index is 0.0215. The maximum atomic E-state index is 11.9. The first kappa shape index (κ1) is 15.8. The number of nitrogens with zero attached hydrogens (tertiary/aromatic N) is 4. The van der Waals surface area contributed by atoms with Crippen LogP contribution in [0, 0.1) is 13.8 Å². The number of aromatic nitrogens is 4. The molecule has 0 saturated heterocycles. The molecule has 1 N–H and O–H groups in total. The van der Waals surface area contributed by atoms with Crippen molar-refractivity contribution in [2.24, 2.45) is 0 Å². The van der Waals surface area contributed by atoms with E-state index in [1.165, 1.54) is 11.8 Å². The Labute approximate surface area is 128 Å². The summed E-state index contributed by atoms with van der Waals surface area (Å²) in [4.78, 5) is 20.7. The molecule has 6 nitrogen and oxygen atoms in total. The third-order valence-corrected chi connectivity index (χ3v) is 4.03. The van der Waals surface area contributed by atoms with E-state index in [0.717, 1.165) is 30.8 Å². The third kappa shape index (κ3) is 3.93. The second kappa shape index (κ2) is 6.89. The predicted molar refractivity (Wildman–Crippen MR) is 83.5 cm³/mol. The third-order valence-electron chi connectivity index (χ3n) is 3.08. The Bertz CT molecular complexity index is 640. The molecule has 0 aromatic carbocycles. The molecule has 21 heavy (non-hydrogen) atoms. The van der Waals surface area contributed by atoms with E-state index in [1.807, 2.05) is 26.8 Å². The van der Waals surface area contributed by atoms with Crippen LogP contribution < -0.4 is 5.32 Å². The fourth-order valence-electron chi connectivity index (χ4n) is 1.94. The van der Waals surface area contributed by atoms with Gasteiger partial charge < -0.3 is 5.32 Å². The average Bonchev–Trinajstić information content (AvgIpc) is 2.81. The fraction of sp³-hybridized carbons (Fsp3) is 0.571.